The van der Waals surface area contributed by atoms with E-state index in [-0.39, 0.29) is 12.7 Å². The third kappa shape index (κ3) is 6.46. The van der Waals surface area contributed by atoms with Crippen molar-refractivity contribution in [3.63, 3.8) is 0 Å². The molecule has 1 aliphatic carbocycles. The zero-order chi connectivity index (χ0) is 23.3. The molecule has 1 atom stereocenters. The van der Waals surface area contributed by atoms with Crippen molar-refractivity contribution < 1.29 is 28.6 Å². The molecular weight excluding hydrogens is 454 g/mol. The molecule has 9 heteroatoms. The van der Waals surface area contributed by atoms with Crippen LogP contribution >= 0.6 is 22.9 Å². The number of fused-ring (bicyclic) bond motifs is 1. The van der Waals surface area contributed by atoms with E-state index in [1.165, 1.54) is 11.3 Å². The van der Waals surface area contributed by atoms with Gasteiger partial charge in [0.1, 0.15) is 10.8 Å². The number of esters is 2. The molecule has 1 aliphatic rings. The molecule has 0 spiro atoms. The fraction of sp³-hybridized carbons (Fsp3) is 0.435. The third-order valence-corrected chi connectivity index (χ3v) is 6.27. The molecule has 2 aromatic rings. The van der Waals surface area contributed by atoms with E-state index in [9.17, 15) is 14.4 Å². The summed E-state index contributed by atoms with van der Waals surface area (Å²) in [6.45, 7) is 4.90. The van der Waals surface area contributed by atoms with Gasteiger partial charge in [0.05, 0.1) is 11.7 Å². The average Bonchev–Trinajstić information content (AvgIpc) is 3.08. The summed E-state index contributed by atoms with van der Waals surface area (Å²) in [5.74, 6) is -0.692. The number of benzene rings is 1. The Labute approximate surface area is 196 Å². The molecule has 1 aromatic heterocycles. The molecular formula is C23H26ClNO6S. The van der Waals surface area contributed by atoms with E-state index in [0.717, 1.165) is 29.7 Å². The average molecular weight is 480 g/mol. The normalized spacial score (nSPS) is 15.1. The highest BCUT2D eigenvalue weighted by Gasteiger charge is 2.29. The largest absolute Gasteiger partial charge is 0.482 e. The van der Waals surface area contributed by atoms with Crippen LogP contribution in [0, 0.1) is 5.92 Å². The molecule has 0 bridgehead atoms. The van der Waals surface area contributed by atoms with Gasteiger partial charge in [-0.3, -0.25) is 4.79 Å². The van der Waals surface area contributed by atoms with E-state index >= 15 is 0 Å². The van der Waals surface area contributed by atoms with Crippen molar-refractivity contribution in [2.75, 3.05) is 18.5 Å². The van der Waals surface area contributed by atoms with E-state index in [1.807, 2.05) is 0 Å². The molecule has 0 radical (unpaired) electrons. The molecule has 0 aliphatic heterocycles. The highest BCUT2D eigenvalue weighted by atomic mass is 35.5. The number of amides is 1. The minimum absolute atomic E-state index is 0.272. The Balaban J connectivity index is 1.59. The highest BCUT2D eigenvalue weighted by molar-refractivity contribution is 7.17. The fourth-order valence-electron chi connectivity index (χ4n) is 3.35. The highest BCUT2D eigenvalue weighted by Crippen LogP contribution is 2.40. The van der Waals surface area contributed by atoms with Crippen LogP contribution in [0.4, 0.5) is 5.00 Å². The van der Waals surface area contributed by atoms with Crippen LogP contribution in [0.15, 0.2) is 24.3 Å². The second kappa shape index (κ2) is 10.8. The van der Waals surface area contributed by atoms with Crippen LogP contribution in [0.3, 0.4) is 0 Å². The number of carbonyl (C=O) groups is 3. The Morgan fingerprint density at radius 3 is 2.59 bits per heavy atom. The Kier molecular flexibility index (Phi) is 8.15. The van der Waals surface area contributed by atoms with Gasteiger partial charge in [-0.1, -0.05) is 18.5 Å². The molecule has 1 amide bonds. The van der Waals surface area contributed by atoms with Gasteiger partial charge in [-0.05, 0) is 68.9 Å². The van der Waals surface area contributed by atoms with Gasteiger partial charge in [-0.2, -0.15) is 0 Å². The summed E-state index contributed by atoms with van der Waals surface area (Å²) in [7, 11) is 0. The van der Waals surface area contributed by atoms with Crippen molar-refractivity contribution in [3.8, 4) is 5.75 Å². The van der Waals surface area contributed by atoms with Gasteiger partial charge in [0, 0.05) is 9.90 Å². The predicted molar refractivity (Wildman–Crippen MR) is 123 cm³/mol. The van der Waals surface area contributed by atoms with E-state index in [2.05, 4.69) is 12.2 Å². The van der Waals surface area contributed by atoms with Crippen LogP contribution in [0.2, 0.25) is 5.02 Å². The number of ether oxygens (including phenoxy) is 3. The van der Waals surface area contributed by atoms with Gasteiger partial charge in [0.2, 0.25) is 0 Å². The molecule has 0 saturated carbocycles. The first kappa shape index (κ1) is 24.1. The van der Waals surface area contributed by atoms with Crippen LogP contribution in [-0.2, 0) is 31.9 Å². The van der Waals surface area contributed by atoms with E-state index in [0.29, 0.717) is 27.3 Å². The monoisotopic (exact) mass is 479 g/mol. The molecule has 1 unspecified atom stereocenters. The van der Waals surface area contributed by atoms with Gasteiger partial charge in [0.15, 0.2) is 13.2 Å². The number of hydrogen-bond acceptors (Lipinski definition) is 7. The standard InChI is InChI=1S/C23H26ClNO6S/c1-13(2)31-23(28)21-17-9-4-14(3)10-18(17)32-22(21)25-19(26)11-30-20(27)12-29-16-7-5-15(24)6-8-16/h5-8,13-14H,4,9-12H2,1-3H3,(H,25,26). The van der Waals surface area contributed by atoms with E-state index in [1.54, 1.807) is 38.1 Å². The Morgan fingerprint density at radius 1 is 1.19 bits per heavy atom. The van der Waals surface area contributed by atoms with Crippen molar-refractivity contribution in [1.82, 2.24) is 0 Å². The number of hydrogen-bond donors (Lipinski definition) is 1. The molecule has 172 valence electrons. The lowest BCUT2D eigenvalue weighted by Gasteiger charge is -2.18. The molecule has 0 fully saturated rings. The quantitative estimate of drug-likeness (QED) is 0.554. The first-order valence-electron chi connectivity index (χ1n) is 10.4. The summed E-state index contributed by atoms with van der Waals surface area (Å²) in [5.41, 5.74) is 1.36. The molecule has 3 rings (SSSR count). The van der Waals surface area contributed by atoms with Crippen molar-refractivity contribution >= 4 is 45.8 Å². The topological polar surface area (TPSA) is 90.9 Å². The fourth-order valence-corrected chi connectivity index (χ4v) is 4.89. The Bertz CT molecular complexity index is 985. The number of thiophene rings is 1. The SMILES string of the molecule is CC1CCc2c(sc(NC(=O)COC(=O)COc3ccc(Cl)cc3)c2C(=O)OC(C)C)C1. The maximum absolute atomic E-state index is 12.7. The lowest BCUT2D eigenvalue weighted by atomic mass is 9.88. The van der Waals surface area contributed by atoms with Crippen LogP contribution in [0.25, 0.3) is 0 Å². The number of rotatable bonds is 8. The Morgan fingerprint density at radius 2 is 1.91 bits per heavy atom. The van der Waals surface area contributed by atoms with Gasteiger partial charge in [-0.25, -0.2) is 9.59 Å². The van der Waals surface area contributed by atoms with Gasteiger partial charge in [-0.15, -0.1) is 11.3 Å². The summed E-state index contributed by atoms with van der Waals surface area (Å²) >= 11 is 7.18. The summed E-state index contributed by atoms with van der Waals surface area (Å²) in [4.78, 5) is 38.1. The summed E-state index contributed by atoms with van der Waals surface area (Å²) in [5, 5.41) is 3.71. The van der Waals surface area contributed by atoms with Crippen molar-refractivity contribution in [2.45, 2.75) is 46.1 Å². The molecule has 7 nitrogen and oxygen atoms in total. The minimum Gasteiger partial charge on any atom is -0.482 e. The van der Waals surface area contributed by atoms with Crippen LogP contribution in [-0.4, -0.2) is 37.2 Å². The van der Waals surface area contributed by atoms with Gasteiger partial charge in [0.25, 0.3) is 5.91 Å². The van der Waals surface area contributed by atoms with Crippen molar-refractivity contribution in [2.24, 2.45) is 5.92 Å². The predicted octanol–water partition coefficient (Wildman–Crippen LogP) is 4.65. The lowest BCUT2D eigenvalue weighted by Crippen LogP contribution is -2.24. The number of nitrogens with one attached hydrogen (secondary N) is 1. The van der Waals surface area contributed by atoms with E-state index < -0.39 is 24.5 Å². The number of anilines is 1. The van der Waals surface area contributed by atoms with E-state index in [4.69, 9.17) is 25.8 Å². The smallest absolute Gasteiger partial charge is 0.344 e. The van der Waals surface area contributed by atoms with Crippen LogP contribution < -0.4 is 10.1 Å². The molecule has 1 heterocycles. The first-order chi connectivity index (χ1) is 15.2. The minimum atomic E-state index is -0.686. The first-order valence-corrected chi connectivity index (χ1v) is 11.6. The summed E-state index contributed by atoms with van der Waals surface area (Å²) in [6.07, 6.45) is 2.33. The summed E-state index contributed by atoms with van der Waals surface area (Å²) in [6, 6.07) is 6.52. The lowest BCUT2D eigenvalue weighted by molar-refractivity contribution is -0.149. The maximum atomic E-state index is 12.7. The second-order valence-electron chi connectivity index (χ2n) is 7.96. The molecule has 32 heavy (non-hydrogen) atoms. The maximum Gasteiger partial charge on any atom is 0.344 e. The second-order valence-corrected chi connectivity index (χ2v) is 9.50. The van der Waals surface area contributed by atoms with Crippen molar-refractivity contribution in [1.29, 1.82) is 0 Å². The van der Waals surface area contributed by atoms with Crippen LogP contribution in [0.1, 0.15) is 48.0 Å². The number of carbonyl (C=O) groups excluding carboxylic acids is 3. The molecule has 1 N–H and O–H groups in total. The van der Waals surface area contributed by atoms with Gasteiger partial charge < -0.3 is 19.5 Å². The zero-order valence-corrected chi connectivity index (χ0v) is 19.8. The molecule has 0 saturated heterocycles. The Hall–Kier alpha value is -2.58. The van der Waals surface area contributed by atoms with Crippen molar-refractivity contribution in [3.05, 3.63) is 45.3 Å². The molecule has 1 aromatic carbocycles. The third-order valence-electron chi connectivity index (χ3n) is 4.85. The summed E-state index contributed by atoms with van der Waals surface area (Å²) < 4.78 is 15.7. The number of halogens is 1. The van der Waals surface area contributed by atoms with Gasteiger partial charge >= 0.3 is 11.9 Å². The zero-order valence-electron chi connectivity index (χ0n) is 18.2. The van der Waals surface area contributed by atoms with Crippen LogP contribution in [0.5, 0.6) is 5.75 Å².